The van der Waals surface area contributed by atoms with E-state index < -0.39 is 4.92 Å². The molecule has 20 heavy (non-hydrogen) atoms. The molecule has 0 aliphatic heterocycles. The normalized spacial score (nSPS) is 9.80. The first-order valence-electron chi connectivity index (χ1n) is 5.70. The standard InChI is InChI=1S/C14H10N2O4/c15-8-11-3-6-14(13(7-11)16(18)19)20-12-4-1-10(9-17)2-5-12/h1-7,17H,9H2. The Kier molecular flexibility index (Phi) is 3.93. The fourth-order valence-electron chi connectivity index (χ4n) is 1.61. The Morgan fingerprint density at radius 1 is 1.25 bits per heavy atom. The number of nitro groups is 1. The molecule has 1 N–H and O–H groups in total. The summed E-state index contributed by atoms with van der Waals surface area (Å²) in [7, 11) is 0. The number of hydrogen-bond acceptors (Lipinski definition) is 5. The summed E-state index contributed by atoms with van der Waals surface area (Å²) in [6, 6.07) is 12.4. The number of hydrogen-bond donors (Lipinski definition) is 1. The summed E-state index contributed by atoms with van der Waals surface area (Å²) >= 11 is 0. The molecule has 2 aromatic carbocycles. The predicted molar refractivity (Wildman–Crippen MR) is 70.3 cm³/mol. The van der Waals surface area contributed by atoms with Crippen molar-refractivity contribution in [1.29, 1.82) is 5.26 Å². The van der Waals surface area contributed by atoms with Crippen molar-refractivity contribution in [2.45, 2.75) is 6.61 Å². The molecule has 0 fully saturated rings. The molecular weight excluding hydrogens is 260 g/mol. The fourth-order valence-corrected chi connectivity index (χ4v) is 1.61. The van der Waals surface area contributed by atoms with Crippen molar-refractivity contribution in [3.63, 3.8) is 0 Å². The van der Waals surface area contributed by atoms with Crippen LogP contribution in [0.4, 0.5) is 5.69 Å². The van der Waals surface area contributed by atoms with Crippen LogP contribution in [0.3, 0.4) is 0 Å². The molecular formula is C14H10N2O4. The maximum atomic E-state index is 11.0. The number of benzene rings is 2. The maximum absolute atomic E-state index is 11.0. The quantitative estimate of drug-likeness (QED) is 0.680. The molecule has 0 unspecified atom stereocenters. The van der Waals surface area contributed by atoms with Crippen LogP contribution in [0.5, 0.6) is 11.5 Å². The van der Waals surface area contributed by atoms with Crippen molar-refractivity contribution in [3.8, 4) is 17.6 Å². The Morgan fingerprint density at radius 2 is 1.95 bits per heavy atom. The van der Waals surface area contributed by atoms with Crippen molar-refractivity contribution < 1.29 is 14.8 Å². The van der Waals surface area contributed by atoms with E-state index in [1.54, 1.807) is 24.3 Å². The Morgan fingerprint density at radius 3 is 2.50 bits per heavy atom. The molecule has 0 radical (unpaired) electrons. The zero-order valence-corrected chi connectivity index (χ0v) is 10.3. The van der Waals surface area contributed by atoms with Gasteiger partial charge in [-0.25, -0.2) is 0 Å². The topological polar surface area (TPSA) is 96.4 Å². The van der Waals surface area contributed by atoms with E-state index in [9.17, 15) is 10.1 Å². The molecule has 0 heterocycles. The van der Waals surface area contributed by atoms with Crippen molar-refractivity contribution in [2.24, 2.45) is 0 Å². The number of nitriles is 1. The van der Waals surface area contributed by atoms with Gasteiger partial charge in [-0.1, -0.05) is 12.1 Å². The highest BCUT2D eigenvalue weighted by molar-refractivity contribution is 5.53. The highest BCUT2D eigenvalue weighted by atomic mass is 16.6. The molecule has 2 rings (SSSR count). The first kappa shape index (κ1) is 13.5. The molecule has 100 valence electrons. The van der Waals surface area contributed by atoms with Gasteiger partial charge in [0.05, 0.1) is 23.2 Å². The SMILES string of the molecule is N#Cc1ccc(Oc2ccc(CO)cc2)c([N+](=O)[O-])c1. The Labute approximate surface area is 114 Å². The molecule has 0 aromatic heterocycles. The predicted octanol–water partition coefficient (Wildman–Crippen LogP) is 2.75. The summed E-state index contributed by atoms with van der Waals surface area (Å²) in [5, 5.41) is 28.6. The zero-order chi connectivity index (χ0) is 14.5. The smallest absolute Gasteiger partial charge is 0.312 e. The van der Waals surface area contributed by atoms with Crippen molar-refractivity contribution in [2.75, 3.05) is 0 Å². The van der Waals surface area contributed by atoms with E-state index in [0.717, 1.165) is 6.07 Å². The monoisotopic (exact) mass is 270 g/mol. The van der Waals surface area contributed by atoms with Gasteiger partial charge in [0, 0.05) is 6.07 Å². The van der Waals surface area contributed by atoms with Gasteiger partial charge < -0.3 is 9.84 Å². The Bertz CT molecular complexity index is 675. The van der Waals surface area contributed by atoms with E-state index in [-0.39, 0.29) is 23.6 Å². The van der Waals surface area contributed by atoms with Crippen molar-refractivity contribution in [1.82, 2.24) is 0 Å². The van der Waals surface area contributed by atoms with E-state index in [0.29, 0.717) is 11.3 Å². The number of ether oxygens (including phenoxy) is 1. The van der Waals surface area contributed by atoms with Gasteiger partial charge in [-0.3, -0.25) is 10.1 Å². The summed E-state index contributed by atoms with van der Waals surface area (Å²) in [6.07, 6.45) is 0. The molecule has 0 spiro atoms. The molecule has 0 atom stereocenters. The number of aliphatic hydroxyl groups excluding tert-OH is 1. The summed E-state index contributed by atoms with van der Waals surface area (Å²) in [5.74, 6) is 0.473. The second kappa shape index (κ2) is 5.82. The molecule has 0 saturated heterocycles. The summed E-state index contributed by atoms with van der Waals surface area (Å²) < 4.78 is 5.44. The second-order valence-corrected chi connectivity index (χ2v) is 3.96. The van der Waals surface area contributed by atoms with Crippen LogP contribution >= 0.6 is 0 Å². The van der Waals surface area contributed by atoms with Crippen LogP contribution in [0, 0.1) is 21.4 Å². The third-order valence-electron chi connectivity index (χ3n) is 2.62. The molecule has 6 heteroatoms. The van der Waals surface area contributed by atoms with Crippen LogP contribution in [0.1, 0.15) is 11.1 Å². The molecule has 2 aromatic rings. The minimum Gasteiger partial charge on any atom is -0.450 e. The highest BCUT2D eigenvalue weighted by Gasteiger charge is 2.16. The van der Waals surface area contributed by atoms with E-state index >= 15 is 0 Å². The highest BCUT2D eigenvalue weighted by Crippen LogP contribution is 2.32. The summed E-state index contributed by atoms with van der Waals surface area (Å²) in [6.45, 7) is -0.0860. The van der Waals surface area contributed by atoms with Crippen LogP contribution in [0.2, 0.25) is 0 Å². The number of nitro benzene ring substituents is 1. The van der Waals surface area contributed by atoms with Gasteiger partial charge >= 0.3 is 5.69 Å². The lowest BCUT2D eigenvalue weighted by atomic mass is 10.2. The number of aliphatic hydroxyl groups is 1. The number of nitrogens with zero attached hydrogens (tertiary/aromatic N) is 2. The van der Waals surface area contributed by atoms with Gasteiger partial charge in [-0.05, 0) is 29.8 Å². The molecule has 0 saturated carbocycles. The van der Waals surface area contributed by atoms with Crippen molar-refractivity contribution >= 4 is 5.69 Å². The van der Waals surface area contributed by atoms with E-state index in [1.165, 1.54) is 12.1 Å². The van der Waals surface area contributed by atoms with Gasteiger partial charge in [0.1, 0.15) is 5.75 Å². The van der Waals surface area contributed by atoms with Gasteiger partial charge in [0.2, 0.25) is 5.75 Å². The lowest BCUT2D eigenvalue weighted by Gasteiger charge is -2.07. The molecule has 0 aliphatic rings. The van der Waals surface area contributed by atoms with Gasteiger partial charge in [-0.15, -0.1) is 0 Å². The fraction of sp³-hybridized carbons (Fsp3) is 0.0714. The van der Waals surface area contributed by atoms with E-state index in [4.69, 9.17) is 15.1 Å². The average Bonchev–Trinajstić information content (AvgIpc) is 2.48. The van der Waals surface area contributed by atoms with Gasteiger partial charge in [-0.2, -0.15) is 5.26 Å². The van der Waals surface area contributed by atoms with Crippen LogP contribution in [0.15, 0.2) is 42.5 Å². The zero-order valence-electron chi connectivity index (χ0n) is 10.3. The molecule has 0 amide bonds. The van der Waals surface area contributed by atoms with Crippen molar-refractivity contribution in [3.05, 3.63) is 63.7 Å². The minimum atomic E-state index is -0.599. The van der Waals surface area contributed by atoms with Crippen LogP contribution < -0.4 is 4.74 Å². The van der Waals surface area contributed by atoms with Crippen LogP contribution in [0.25, 0.3) is 0 Å². The molecule has 6 nitrogen and oxygen atoms in total. The average molecular weight is 270 g/mol. The lowest BCUT2D eigenvalue weighted by Crippen LogP contribution is -1.94. The lowest BCUT2D eigenvalue weighted by molar-refractivity contribution is -0.385. The molecule has 0 bridgehead atoms. The first-order valence-corrected chi connectivity index (χ1v) is 5.70. The largest absolute Gasteiger partial charge is 0.450 e. The number of rotatable bonds is 4. The van der Waals surface area contributed by atoms with Gasteiger partial charge in [0.25, 0.3) is 0 Å². The van der Waals surface area contributed by atoms with Crippen LogP contribution in [-0.4, -0.2) is 10.0 Å². The minimum absolute atomic E-state index is 0.0609. The van der Waals surface area contributed by atoms with E-state index in [1.807, 2.05) is 6.07 Å². The Balaban J connectivity index is 2.32. The Hall–Kier alpha value is -2.91. The summed E-state index contributed by atoms with van der Waals surface area (Å²) in [5.41, 5.74) is 0.640. The summed E-state index contributed by atoms with van der Waals surface area (Å²) in [4.78, 5) is 10.4. The van der Waals surface area contributed by atoms with Gasteiger partial charge in [0.15, 0.2) is 0 Å². The van der Waals surface area contributed by atoms with Crippen LogP contribution in [-0.2, 0) is 6.61 Å². The maximum Gasteiger partial charge on any atom is 0.312 e. The third-order valence-corrected chi connectivity index (χ3v) is 2.62. The van der Waals surface area contributed by atoms with E-state index in [2.05, 4.69) is 0 Å². The molecule has 0 aliphatic carbocycles. The second-order valence-electron chi connectivity index (χ2n) is 3.96. The first-order chi connectivity index (χ1) is 9.63. The third kappa shape index (κ3) is 2.91.